The molecule has 2 amide bonds. The zero-order chi connectivity index (χ0) is 25.7. The number of halogens is 2. The largest absolute Gasteiger partial charge is 0.497 e. The van der Waals surface area contributed by atoms with Gasteiger partial charge in [0.15, 0.2) is 11.6 Å². The number of hydrogen-bond acceptors (Lipinski definition) is 4. The molecule has 0 radical (unpaired) electrons. The third kappa shape index (κ3) is 5.70. The number of likely N-dealkylation sites (tertiary alicyclic amines) is 1. The molecule has 188 valence electrons. The lowest BCUT2D eigenvalue weighted by molar-refractivity contribution is 0.0522. The summed E-state index contributed by atoms with van der Waals surface area (Å²) in [6, 6.07) is 14.4. The van der Waals surface area contributed by atoms with Crippen LogP contribution in [0.4, 0.5) is 8.78 Å². The number of hydrogen-bond donors (Lipinski definition) is 0. The first-order valence-corrected chi connectivity index (χ1v) is 11.9. The summed E-state index contributed by atoms with van der Waals surface area (Å²) in [4.78, 5) is 33.7. The maximum Gasteiger partial charge on any atom is 0.255 e. The first kappa shape index (κ1) is 25.3. The van der Waals surface area contributed by atoms with Crippen LogP contribution in [-0.4, -0.2) is 59.9 Å². The van der Waals surface area contributed by atoms with Crippen LogP contribution in [0.15, 0.2) is 67.0 Å². The van der Waals surface area contributed by atoms with Gasteiger partial charge in [-0.05, 0) is 73.2 Å². The van der Waals surface area contributed by atoms with E-state index in [9.17, 15) is 18.4 Å². The molecule has 1 aliphatic rings. The average Bonchev–Trinajstić information content (AvgIpc) is 2.92. The van der Waals surface area contributed by atoms with Gasteiger partial charge in [-0.1, -0.05) is 12.1 Å². The van der Waals surface area contributed by atoms with Crippen molar-refractivity contribution >= 4 is 11.8 Å². The van der Waals surface area contributed by atoms with Gasteiger partial charge in [0, 0.05) is 44.1 Å². The zero-order valence-corrected chi connectivity index (χ0v) is 20.4. The van der Waals surface area contributed by atoms with Crippen LogP contribution in [0.2, 0.25) is 0 Å². The predicted octanol–water partition coefficient (Wildman–Crippen LogP) is 4.60. The van der Waals surface area contributed by atoms with E-state index in [-0.39, 0.29) is 29.3 Å². The fourth-order valence-electron chi connectivity index (χ4n) is 4.80. The van der Waals surface area contributed by atoms with Gasteiger partial charge >= 0.3 is 0 Å². The van der Waals surface area contributed by atoms with Crippen LogP contribution in [0.3, 0.4) is 0 Å². The quantitative estimate of drug-likeness (QED) is 0.483. The Morgan fingerprint density at radius 3 is 2.50 bits per heavy atom. The first-order valence-electron chi connectivity index (χ1n) is 11.9. The Balaban J connectivity index is 1.51. The lowest BCUT2D eigenvalue weighted by Crippen LogP contribution is -2.48. The maximum atomic E-state index is 13.6. The fourth-order valence-corrected chi connectivity index (χ4v) is 4.80. The summed E-state index contributed by atoms with van der Waals surface area (Å²) in [5.41, 5.74) is 1.69. The molecule has 0 bridgehead atoms. The summed E-state index contributed by atoms with van der Waals surface area (Å²) in [7, 11) is 3.42. The van der Waals surface area contributed by atoms with Crippen molar-refractivity contribution in [3.63, 3.8) is 0 Å². The minimum atomic E-state index is -1.04. The Labute approximate surface area is 209 Å². The minimum absolute atomic E-state index is 0.115. The normalized spacial score (nSPS) is 14.8. The van der Waals surface area contributed by atoms with Crippen molar-refractivity contribution in [2.75, 3.05) is 27.2 Å². The Morgan fingerprint density at radius 2 is 1.83 bits per heavy atom. The number of benzene rings is 2. The summed E-state index contributed by atoms with van der Waals surface area (Å²) in [6.07, 6.45) is 5.17. The molecular formula is C28H29F2N3O3. The van der Waals surface area contributed by atoms with Crippen molar-refractivity contribution in [1.82, 2.24) is 14.8 Å². The van der Waals surface area contributed by atoms with E-state index in [1.54, 1.807) is 48.5 Å². The highest BCUT2D eigenvalue weighted by molar-refractivity contribution is 5.94. The number of pyridine rings is 1. The van der Waals surface area contributed by atoms with Crippen LogP contribution < -0.4 is 4.74 Å². The molecule has 0 unspecified atom stereocenters. The molecule has 4 rings (SSSR count). The number of likely N-dealkylation sites (N-methyl/N-ethyl adjacent to an activating group) is 1. The van der Waals surface area contributed by atoms with Gasteiger partial charge in [0.05, 0.1) is 12.7 Å². The number of carbonyl (C=O) groups excluding carboxylic acids is 2. The second-order valence-corrected chi connectivity index (χ2v) is 9.04. The SMILES string of the molecule is COc1cccc(C[C@H](C2CCN(C(=O)c3ccc(F)c(F)c3)CC2)N(C)C(=O)c2cccnc2)c1. The average molecular weight is 494 g/mol. The smallest absolute Gasteiger partial charge is 0.255 e. The number of aromatic nitrogens is 1. The fraction of sp³-hybridized carbons (Fsp3) is 0.321. The molecule has 0 aliphatic carbocycles. The number of amides is 2. The van der Waals surface area contributed by atoms with E-state index in [0.29, 0.717) is 37.9 Å². The van der Waals surface area contributed by atoms with Crippen molar-refractivity contribution in [1.29, 1.82) is 0 Å². The topological polar surface area (TPSA) is 62.7 Å². The molecule has 1 atom stereocenters. The molecule has 3 aromatic rings. The van der Waals surface area contributed by atoms with Crippen molar-refractivity contribution in [3.8, 4) is 5.75 Å². The molecule has 1 fully saturated rings. The van der Waals surface area contributed by atoms with Gasteiger partial charge in [-0.2, -0.15) is 0 Å². The first-order chi connectivity index (χ1) is 17.4. The molecule has 2 heterocycles. The van der Waals surface area contributed by atoms with Crippen molar-refractivity contribution < 1.29 is 23.1 Å². The number of nitrogens with zero attached hydrogens (tertiary/aromatic N) is 3. The molecule has 0 spiro atoms. The number of methoxy groups -OCH3 is 1. The summed E-state index contributed by atoms with van der Waals surface area (Å²) in [6.45, 7) is 0.929. The molecule has 0 saturated carbocycles. The Hall–Kier alpha value is -3.81. The Kier molecular flexibility index (Phi) is 7.93. The molecule has 36 heavy (non-hydrogen) atoms. The highest BCUT2D eigenvalue weighted by Crippen LogP contribution is 2.29. The third-order valence-electron chi connectivity index (χ3n) is 6.84. The number of carbonyl (C=O) groups is 2. The number of rotatable bonds is 7. The van der Waals surface area contributed by atoms with Crippen molar-refractivity contribution in [2.45, 2.75) is 25.3 Å². The van der Waals surface area contributed by atoms with Gasteiger partial charge in [-0.15, -0.1) is 0 Å². The van der Waals surface area contributed by atoms with E-state index in [2.05, 4.69) is 4.98 Å². The highest BCUT2D eigenvalue weighted by atomic mass is 19.2. The number of ether oxygens (including phenoxy) is 1. The second-order valence-electron chi connectivity index (χ2n) is 9.04. The van der Waals surface area contributed by atoms with Gasteiger partial charge in [-0.25, -0.2) is 8.78 Å². The Bertz CT molecular complexity index is 1210. The third-order valence-corrected chi connectivity index (χ3v) is 6.84. The van der Waals surface area contributed by atoms with Crippen LogP contribution in [0.1, 0.15) is 39.1 Å². The van der Waals surface area contributed by atoms with Gasteiger partial charge in [0.2, 0.25) is 0 Å². The van der Waals surface area contributed by atoms with Gasteiger partial charge < -0.3 is 14.5 Å². The van der Waals surface area contributed by atoms with Crippen LogP contribution in [0.5, 0.6) is 5.75 Å². The molecule has 8 heteroatoms. The number of piperidine rings is 1. The van der Waals surface area contributed by atoms with Crippen molar-refractivity contribution in [3.05, 3.63) is 95.3 Å². The van der Waals surface area contributed by atoms with E-state index < -0.39 is 11.6 Å². The van der Waals surface area contributed by atoms with E-state index in [1.807, 2.05) is 24.3 Å². The summed E-state index contributed by atoms with van der Waals surface area (Å²) in [5, 5.41) is 0. The zero-order valence-electron chi connectivity index (χ0n) is 20.4. The monoisotopic (exact) mass is 493 g/mol. The van der Waals surface area contributed by atoms with E-state index in [1.165, 1.54) is 6.07 Å². The summed E-state index contributed by atoms with van der Waals surface area (Å²) >= 11 is 0. The van der Waals surface area contributed by atoms with E-state index in [0.717, 1.165) is 23.4 Å². The minimum Gasteiger partial charge on any atom is -0.497 e. The lowest BCUT2D eigenvalue weighted by atomic mass is 9.84. The summed E-state index contributed by atoms with van der Waals surface area (Å²) < 4.78 is 32.3. The second kappa shape index (κ2) is 11.3. The standard InChI is InChI=1S/C28H29F2N3O3/c1-32(27(34)22-6-4-12-31-18-22)26(16-19-5-3-7-23(15-19)36-2)20-10-13-33(14-11-20)28(35)21-8-9-24(29)25(30)17-21/h3-9,12,15,17-18,20,26H,10-11,13-14,16H2,1-2H3/t26-/m1/s1. The van der Waals surface area contributed by atoms with Crippen molar-refractivity contribution in [2.24, 2.45) is 5.92 Å². The molecular weight excluding hydrogens is 464 g/mol. The maximum absolute atomic E-state index is 13.6. The molecule has 1 aliphatic heterocycles. The van der Waals surface area contributed by atoms with E-state index in [4.69, 9.17) is 4.74 Å². The van der Waals surface area contributed by atoms with Crippen LogP contribution in [-0.2, 0) is 6.42 Å². The Morgan fingerprint density at radius 1 is 1.06 bits per heavy atom. The van der Waals surface area contributed by atoms with E-state index >= 15 is 0 Å². The molecule has 1 saturated heterocycles. The van der Waals surface area contributed by atoms with Crippen LogP contribution >= 0.6 is 0 Å². The molecule has 6 nitrogen and oxygen atoms in total. The van der Waals surface area contributed by atoms with Gasteiger partial charge in [-0.3, -0.25) is 14.6 Å². The van der Waals surface area contributed by atoms with Crippen LogP contribution in [0, 0.1) is 17.6 Å². The van der Waals surface area contributed by atoms with Gasteiger partial charge in [0.25, 0.3) is 11.8 Å². The molecule has 1 aromatic heterocycles. The summed E-state index contributed by atoms with van der Waals surface area (Å²) in [5.74, 6) is -1.57. The van der Waals surface area contributed by atoms with Crippen LogP contribution in [0.25, 0.3) is 0 Å². The lowest BCUT2D eigenvalue weighted by Gasteiger charge is -2.40. The predicted molar refractivity (Wildman–Crippen MR) is 132 cm³/mol. The highest BCUT2D eigenvalue weighted by Gasteiger charge is 2.33. The molecule has 2 aromatic carbocycles. The molecule has 0 N–H and O–H groups in total. The van der Waals surface area contributed by atoms with Gasteiger partial charge in [0.1, 0.15) is 5.75 Å².